The zero-order valence-electron chi connectivity index (χ0n) is 7.94. The van der Waals surface area contributed by atoms with Crippen molar-refractivity contribution in [2.45, 2.75) is 12.7 Å². The van der Waals surface area contributed by atoms with Crippen LogP contribution in [0.2, 0.25) is 10.0 Å². The minimum Gasteiger partial charge on any atom is -0.484 e. The van der Waals surface area contributed by atoms with Gasteiger partial charge in [0.05, 0.1) is 10.0 Å². The first-order chi connectivity index (χ1) is 7.33. The monoisotopic (exact) mass is 273 g/mol. The molecular weight excluding hydrogens is 266 g/mol. The molecule has 0 spiro atoms. The largest absolute Gasteiger partial charge is 0.484 e. The molecule has 0 aliphatic heterocycles. The van der Waals surface area contributed by atoms with E-state index in [1.54, 1.807) is 0 Å². The maximum atomic E-state index is 11.9. The van der Waals surface area contributed by atoms with Gasteiger partial charge in [-0.15, -0.1) is 0 Å². The third-order valence-corrected chi connectivity index (χ3v) is 2.40. The molecule has 0 saturated heterocycles. The third-order valence-electron chi connectivity index (χ3n) is 1.72. The van der Waals surface area contributed by atoms with Gasteiger partial charge in [0.25, 0.3) is 0 Å². The summed E-state index contributed by atoms with van der Waals surface area (Å²) in [6.45, 7) is -1.28. The fourth-order valence-electron chi connectivity index (χ4n) is 1.02. The third kappa shape index (κ3) is 3.73. The van der Waals surface area contributed by atoms with E-state index >= 15 is 0 Å². The van der Waals surface area contributed by atoms with Crippen molar-refractivity contribution in [3.63, 3.8) is 0 Å². The molecule has 16 heavy (non-hydrogen) atoms. The Balaban J connectivity index is 2.84. The van der Waals surface area contributed by atoms with Gasteiger partial charge in [0.1, 0.15) is 5.75 Å². The summed E-state index contributed by atoms with van der Waals surface area (Å²) in [7, 11) is 0. The van der Waals surface area contributed by atoms with Crippen LogP contribution in [0.5, 0.6) is 5.75 Å². The molecule has 1 rings (SSSR count). The van der Waals surface area contributed by atoms with Crippen LogP contribution in [0, 0.1) is 0 Å². The van der Waals surface area contributed by atoms with Crippen molar-refractivity contribution in [3.8, 4) is 5.75 Å². The Morgan fingerprint density at radius 2 is 1.69 bits per heavy atom. The van der Waals surface area contributed by atoms with Crippen molar-refractivity contribution in [1.82, 2.24) is 0 Å². The number of alkyl halides is 3. The van der Waals surface area contributed by atoms with Crippen LogP contribution in [-0.4, -0.2) is 12.8 Å². The molecule has 0 atom stereocenters. The summed E-state index contributed by atoms with van der Waals surface area (Å²) in [4.78, 5) is 0. The van der Waals surface area contributed by atoms with Gasteiger partial charge in [-0.2, -0.15) is 13.2 Å². The Morgan fingerprint density at radius 3 is 2.06 bits per heavy atom. The van der Waals surface area contributed by atoms with Crippen LogP contribution in [-0.2, 0) is 6.54 Å². The number of hydrogen-bond acceptors (Lipinski definition) is 2. The van der Waals surface area contributed by atoms with Crippen molar-refractivity contribution < 1.29 is 17.9 Å². The fraction of sp³-hybridized carbons (Fsp3) is 0.333. The number of halogens is 5. The van der Waals surface area contributed by atoms with E-state index in [0.717, 1.165) is 0 Å². The van der Waals surface area contributed by atoms with Gasteiger partial charge in [0.2, 0.25) is 0 Å². The summed E-state index contributed by atoms with van der Waals surface area (Å²) in [5, 5.41) is 0.374. The average Bonchev–Trinajstić information content (AvgIpc) is 2.13. The predicted molar refractivity (Wildman–Crippen MR) is 55.9 cm³/mol. The van der Waals surface area contributed by atoms with Crippen LogP contribution in [0.4, 0.5) is 13.2 Å². The maximum absolute atomic E-state index is 11.9. The lowest BCUT2D eigenvalue weighted by molar-refractivity contribution is -0.153. The quantitative estimate of drug-likeness (QED) is 0.916. The SMILES string of the molecule is NCc1c(Cl)cc(OCC(F)(F)F)cc1Cl. The smallest absolute Gasteiger partial charge is 0.422 e. The van der Waals surface area contributed by atoms with Gasteiger partial charge in [-0.25, -0.2) is 0 Å². The number of nitrogens with two attached hydrogens (primary N) is 1. The van der Waals surface area contributed by atoms with E-state index in [9.17, 15) is 13.2 Å². The minimum absolute atomic E-state index is 0.0375. The second kappa shape index (κ2) is 5.12. The Kier molecular flexibility index (Phi) is 4.29. The lowest BCUT2D eigenvalue weighted by Gasteiger charge is -2.11. The first-order valence-electron chi connectivity index (χ1n) is 4.21. The van der Waals surface area contributed by atoms with Gasteiger partial charge < -0.3 is 10.5 Å². The second-order valence-corrected chi connectivity index (χ2v) is 3.79. The molecule has 0 bridgehead atoms. The number of ether oxygens (including phenoxy) is 1. The zero-order chi connectivity index (χ0) is 12.3. The molecule has 90 valence electrons. The molecule has 0 aliphatic rings. The van der Waals surface area contributed by atoms with Crippen molar-refractivity contribution in [1.29, 1.82) is 0 Å². The first kappa shape index (κ1) is 13.4. The molecule has 0 amide bonds. The van der Waals surface area contributed by atoms with Crippen molar-refractivity contribution in [2.75, 3.05) is 6.61 Å². The maximum Gasteiger partial charge on any atom is 0.422 e. The number of rotatable bonds is 3. The zero-order valence-corrected chi connectivity index (χ0v) is 9.46. The Hall–Kier alpha value is -0.650. The molecule has 0 radical (unpaired) electrons. The van der Waals surface area contributed by atoms with Crippen LogP contribution >= 0.6 is 23.2 Å². The summed E-state index contributed by atoms with van der Waals surface area (Å²) in [6.07, 6.45) is -4.40. The van der Waals surface area contributed by atoms with Crippen LogP contribution in [0.3, 0.4) is 0 Å². The van der Waals surface area contributed by atoms with Gasteiger partial charge in [0, 0.05) is 12.1 Å². The van der Waals surface area contributed by atoms with Crippen LogP contribution in [0.25, 0.3) is 0 Å². The minimum atomic E-state index is -4.40. The van der Waals surface area contributed by atoms with Crippen molar-refractivity contribution in [3.05, 3.63) is 27.7 Å². The molecule has 7 heteroatoms. The summed E-state index contributed by atoms with van der Waals surface area (Å²) < 4.78 is 40.1. The molecule has 2 N–H and O–H groups in total. The Bertz CT molecular complexity index is 359. The highest BCUT2D eigenvalue weighted by Crippen LogP contribution is 2.30. The van der Waals surface area contributed by atoms with E-state index < -0.39 is 12.8 Å². The molecule has 0 aliphatic carbocycles. The highest BCUT2D eigenvalue weighted by Gasteiger charge is 2.28. The summed E-state index contributed by atoms with van der Waals surface area (Å²) in [5.74, 6) is -0.0375. The van der Waals surface area contributed by atoms with E-state index in [-0.39, 0.29) is 22.3 Å². The van der Waals surface area contributed by atoms with Crippen molar-refractivity contribution in [2.24, 2.45) is 5.73 Å². The second-order valence-electron chi connectivity index (χ2n) is 2.97. The summed E-state index contributed by atoms with van der Waals surface area (Å²) in [6, 6.07) is 2.50. The lowest BCUT2D eigenvalue weighted by atomic mass is 10.2. The summed E-state index contributed by atoms with van der Waals surface area (Å²) >= 11 is 11.5. The van der Waals surface area contributed by atoms with Crippen LogP contribution in [0.15, 0.2) is 12.1 Å². The van der Waals surface area contributed by atoms with E-state index in [0.29, 0.717) is 5.56 Å². The topological polar surface area (TPSA) is 35.2 Å². The van der Waals surface area contributed by atoms with E-state index in [1.807, 2.05) is 0 Å². The lowest BCUT2D eigenvalue weighted by Crippen LogP contribution is -2.19. The highest BCUT2D eigenvalue weighted by atomic mass is 35.5. The molecule has 1 aromatic carbocycles. The van der Waals surface area contributed by atoms with Gasteiger partial charge in [-0.3, -0.25) is 0 Å². The van der Waals surface area contributed by atoms with Gasteiger partial charge in [-0.05, 0) is 12.1 Å². The van der Waals surface area contributed by atoms with Crippen LogP contribution in [0.1, 0.15) is 5.56 Å². The van der Waals surface area contributed by atoms with Gasteiger partial charge >= 0.3 is 6.18 Å². The number of benzene rings is 1. The van der Waals surface area contributed by atoms with Gasteiger partial charge in [0.15, 0.2) is 6.61 Å². The fourth-order valence-corrected chi connectivity index (χ4v) is 1.64. The normalized spacial score (nSPS) is 11.6. The predicted octanol–water partition coefficient (Wildman–Crippen LogP) is 3.39. The van der Waals surface area contributed by atoms with Crippen LogP contribution < -0.4 is 10.5 Å². The van der Waals surface area contributed by atoms with Crippen molar-refractivity contribution >= 4 is 23.2 Å². The molecular formula is C9H8Cl2F3NO. The molecule has 0 heterocycles. The molecule has 0 aromatic heterocycles. The van der Waals surface area contributed by atoms with E-state index in [2.05, 4.69) is 4.74 Å². The molecule has 1 aromatic rings. The highest BCUT2D eigenvalue weighted by molar-refractivity contribution is 6.36. The molecule has 2 nitrogen and oxygen atoms in total. The summed E-state index contributed by atoms with van der Waals surface area (Å²) in [5.41, 5.74) is 5.83. The standard InChI is InChI=1S/C9H8Cl2F3NO/c10-7-1-5(16-4-9(12,13)14)2-8(11)6(7)3-15/h1-2H,3-4,15H2. The Morgan fingerprint density at radius 1 is 1.19 bits per heavy atom. The molecule has 0 saturated carbocycles. The number of hydrogen-bond donors (Lipinski definition) is 1. The molecule has 0 fully saturated rings. The van der Waals surface area contributed by atoms with Gasteiger partial charge in [-0.1, -0.05) is 23.2 Å². The first-order valence-corrected chi connectivity index (χ1v) is 4.96. The molecule has 0 unspecified atom stereocenters. The van der Waals surface area contributed by atoms with E-state index in [4.69, 9.17) is 28.9 Å². The average molecular weight is 274 g/mol. The van der Waals surface area contributed by atoms with E-state index in [1.165, 1.54) is 12.1 Å². The Labute approximate surface area is 100 Å².